The van der Waals surface area contributed by atoms with Crippen LogP contribution in [0.3, 0.4) is 0 Å². The largest absolute Gasteiger partial charge is 0.497 e. The number of benzene rings is 2. The van der Waals surface area contributed by atoms with Crippen LogP contribution in [0.15, 0.2) is 41.3 Å². The molecule has 0 radical (unpaired) electrons. The first kappa shape index (κ1) is 22.4. The first-order valence-corrected chi connectivity index (χ1v) is 10.1. The number of methoxy groups -OCH3 is 1. The van der Waals surface area contributed by atoms with Crippen molar-refractivity contribution < 1.29 is 27.5 Å². The summed E-state index contributed by atoms with van der Waals surface area (Å²) in [5.74, 6) is 0.0147. The molecule has 0 atom stereocenters. The van der Waals surface area contributed by atoms with E-state index in [0.717, 1.165) is 4.31 Å². The van der Waals surface area contributed by atoms with Crippen molar-refractivity contribution in [1.82, 2.24) is 4.31 Å². The first-order chi connectivity index (χ1) is 13.6. The minimum Gasteiger partial charge on any atom is -0.497 e. The van der Waals surface area contributed by atoms with E-state index in [4.69, 9.17) is 9.47 Å². The van der Waals surface area contributed by atoms with Gasteiger partial charge in [-0.25, -0.2) is 12.7 Å². The molecular weight excluding hydrogens is 396 g/mol. The summed E-state index contributed by atoms with van der Waals surface area (Å²) in [5.41, 5.74) is 1.38. The molecule has 0 aliphatic carbocycles. The van der Waals surface area contributed by atoms with Gasteiger partial charge in [0.1, 0.15) is 11.5 Å². The fourth-order valence-corrected chi connectivity index (χ4v) is 3.40. The molecule has 0 aliphatic rings. The van der Waals surface area contributed by atoms with Gasteiger partial charge < -0.3 is 14.8 Å². The Morgan fingerprint density at radius 1 is 1.10 bits per heavy atom. The van der Waals surface area contributed by atoms with Crippen molar-refractivity contribution >= 4 is 27.4 Å². The molecule has 156 valence electrons. The Kier molecular flexibility index (Phi) is 6.99. The molecule has 2 rings (SSSR count). The third kappa shape index (κ3) is 5.33. The van der Waals surface area contributed by atoms with Crippen LogP contribution >= 0.6 is 0 Å². The van der Waals surface area contributed by atoms with Gasteiger partial charge in [0, 0.05) is 25.8 Å². The zero-order chi connectivity index (χ0) is 21.8. The van der Waals surface area contributed by atoms with Crippen molar-refractivity contribution in [3.8, 4) is 11.5 Å². The van der Waals surface area contributed by atoms with Crippen molar-refractivity contribution in [2.45, 2.75) is 18.7 Å². The summed E-state index contributed by atoms with van der Waals surface area (Å²) in [6.45, 7) is 2.78. The number of ether oxygens (including phenoxy) is 2. The molecule has 2 aromatic rings. The number of nitrogens with zero attached hydrogens (tertiary/aromatic N) is 1. The second-order valence-electron chi connectivity index (χ2n) is 6.52. The second kappa shape index (κ2) is 9.06. The first-order valence-electron chi connectivity index (χ1n) is 8.71. The lowest BCUT2D eigenvalue weighted by Gasteiger charge is -2.15. The van der Waals surface area contributed by atoms with Gasteiger partial charge in [-0.3, -0.25) is 9.59 Å². The summed E-state index contributed by atoms with van der Waals surface area (Å²) in [6.07, 6.45) is 0. The van der Waals surface area contributed by atoms with Crippen LogP contribution in [-0.4, -0.2) is 52.2 Å². The van der Waals surface area contributed by atoms with Crippen LogP contribution in [0.5, 0.6) is 11.5 Å². The van der Waals surface area contributed by atoms with Gasteiger partial charge in [-0.05, 0) is 43.7 Å². The number of amides is 1. The number of hydrogen-bond donors (Lipinski definition) is 1. The lowest BCUT2D eigenvalue weighted by atomic mass is 10.1. The van der Waals surface area contributed by atoms with Gasteiger partial charge in [-0.15, -0.1) is 0 Å². The Balaban J connectivity index is 2.18. The average Bonchev–Trinajstić information content (AvgIpc) is 2.67. The number of carbonyl (C=O) groups is 2. The third-order valence-electron chi connectivity index (χ3n) is 4.19. The monoisotopic (exact) mass is 420 g/mol. The molecule has 0 heterocycles. The van der Waals surface area contributed by atoms with Crippen LogP contribution in [0.2, 0.25) is 0 Å². The Morgan fingerprint density at radius 3 is 2.38 bits per heavy atom. The molecule has 0 fully saturated rings. The van der Waals surface area contributed by atoms with Gasteiger partial charge in [0.05, 0.1) is 17.6 Å². The maximum atomic E-state index is 12.4. The summed E-state index contributed by atoms with van der Waals surface area (Å²) in [5, 5.41) is 2.65. The maximum absolute atomic E-state index is 12.4. The molecular formula is C20H24N2O6S. The maximum Gasteiger partial charge on any atom is 0.262 e. The molecule has 1 N–H and O–H groups in total. The highest BCUT2D eigenvalue weighted by Crippen LogP contribution is 2.26. The van der Waals surface area contributed by atoms with Gasteiger partial charge in [-0.2, -0.15) is 0 Å². The molecule has 0 bridgehead atoms. The molecule has 8 nitrogen and oxygen atoms in total. The van der Waals surface area contributed by atoms with Gasteiger partial charge in [0.2, 0.25) is 10.0 Å². The smallest absolute Gasteiger partial charge is 0.262 e. The van der Waals surface area contributed by atoms with E-state index < -0.39 is 15.9 Å². The minimum atomic E-state index is -3.63. The van der Waals surface area contributed by atoms with Crippen LogP contribution < -0.4 is 14.8 Å². The topological polar surface area (TPSA) is 102 Å². The van der Waals surface area contributed by atoms with E-state index in [1.54, 1.807) is 25.1 Å². The van der Waals surface area contributed by atoms with Crippen LogP contribution in [0.25, 0.3) is 0 Å². The van der Waals surface area contributed by atoms with E-state index >= 15 is 0 Å². The zero-order valence-corrected chi connectivity index (χ0v) is 17.8. The lowest BCUT2D eigenvalue weighted by molar-refractivity contribution is -0.118. The van der Waals surface area contributed by atoms with Crippen LogP contribution in [0, 0.1) is 6.92 Å². The predicted molar refractivity (Wildman–Crippen MR) is 109 cm³/mol. The number of carbonyl (C=O) groups excluding carboxylic acids is 2. The van der Waals surface area contributed by atoms with E-state index in [9.17, 15) is 18.0 Å². The minimum absolute atomic E-state index is 0.0657. The van der Waals surface area contributed by atoms with Gasteiger partial charge in [0.15, 0.2) is 12.4 Å². The highest BCUT2D eigenvalue weighted by Gasteiger charge is 2.19. The van der Waals surface area contributed by atoms with Crippen LogP contribution in [0.1, 0.15) is 22.8 Å². The Hall–Kier alpha value is -2.91. The Labute approximate surface area is 170 Å². The van der Waals surface area contributed by atoms with Crippen molar-refractivity contribution in [3.05, 3.63) is 47.5 Å². The molecule has 0 aliphatic heterocycles. The number of anilines is 1. The molecule has 0 spiro atoms. The van der Waals surface area contributed by atoms with Gasteiger partial charge >= 0.3 is 0 Å². The normalized spacial score (nSPS) is 11.2. The zero-order valence-electron chi connectivity index (χ0n) is 17.0. The fourth-order valence-electron chi connectivity index (χ4n) is 2.48. The average molecular weight is 420 g/mol. The van der Waals surface area contributed by atoms with E-state index in [1.807, 2.05) is 0 Å². The summed E-state index contributed by atoms with van der Waals surface area (Å²) < 4.78 is 36.3. The van der Waals surface area contributed by atoms with E-state index in [2.05, 4.69) is 5.32 Å². The number of rotatable bonds is 8. The van der Waals surface area contributed by atoms with E-state index in [1.165, 1.54) is 46.3 Å². The molecule has 0 saturated heterocycles. The van der Waals surface area contributed by atoms with E-state index in [0.29, 0.717) is 22.6 Å². The Bertz CT molecular complexity index is 1030. The lowest BCUT2D eigenvalue weighted by Crippen LogP contribution is -2.23. The van der Waals surface area contributed by atoms with Gasteiger partial charge in [0.25, 0.3) is 5.91 Å². The highest BCUT2D eigenvalue weighted by atomic mass is 32.2. The SMILES string of the molecule is COc1ccc(C(C)=O)c(OCC(=O)Nc2cc(S(=O)(=O)N(C)C)ccc2C)c1. The van der Waals surface area contributed by atoms with Crippen molar-refractivity contribution in [2.24, 2.45) is 0 Å². The summed E-state index contributed by atoms with van der Waals surface area (Å²) in [4.78, 5) is 24.2. The molecule has 1 amide bonds. The molecule has 2 aromatic carbocycles. The Morgan fingerprint density at radius 2 is 1.79 bits per heavy atom. The summed E-state index contributed by atoms with van der Waals surface area (Å²) >= 11 is 0. The third-order valence-corrected chi connectivity index (χ3v) is 6.00. The quantitative estimate of drug-likeness (QED) is 0.658. The van der Waals surface area contributed by atoms with Crippen molar-refractivity contribution in [3.63, 3.8) is 0 Å². The molecule has 29 heavy (non-hydrogen) atoms. The van der Waals surface area contributed by atoms with Crippen LogP contribution in [0.4, 0.5) is 5.69 Å². The molecule has 0 saturated carbocycles. The fraction of sp³-hybridized carbons (Fsp3) is 0.300. The van der Waals surface area contributed by atoms with Crippen molar-refractivity contribution in [2.75, 3.05) is 33.1 Å². The number of nitrogens with one attached hydrogen (secondary N) is 1. The number of sulfonamides is 1. The molecule has 0 unspecified atom stereocenters. The number of ketones is 1. The standard InChI is InChI=1S/C20H24N2O6S/c1-13-6-8-16(29(25,26)22(3)4)11-18(13)21-20(24)12-28-19-10-15(27-5)7-9-17(19)14(2)23/h6-11H,12H2,1-5H3,(H,21,24). The number of Topliss-reactive ketones (excluding diaryl/α,β-unsaturated/α-hetero) is 1. The number of hydrogen-bond acceptors (Lipinski definition) is 6. The highest BCUT2D eigenvalue weighted by molar-refractivity contribution is 7.89. The molecule has 9 heteroatoms. The van der Waals surface area contributed by atoms with Crippen molar-refractivity contribution in [1.29, 1.82) is 0 Å². The van der Waals surface area contributed by atoms with E-state index in [-0.39, 0.29) is 23.0 Å². The number of aryl methyl sites for hydroxylation is 1. The van der Waals surface area contributed by atoms with Crippen LogP contribution in [-0.2, 0) is 14.8 Å². The molecule has 0 aromatic heterocycles. The summed E-state index contributed by atoms with van der Waals surface area (Å²) in [6, 6.07) is 9.21. The van der Waals surface area contributed by atoms with Gasteiger partial charge in [-0.1, -0.05) is 6.07 Å². The second-order valence-corrected chi connectivity index (χ2v) is 8.67. The summed E-state index contributed by atoms with van der Waals surface area (Å²) in [7, 11) is 0.717. The predicted octanol–water partition coefficient (Wildman–Crippen LogP) is 2.47.